The van der Waals surface area contributed by atoms with Gasteiger partial charge in [-0.3, -0.25) is 0 Å². The second-order valence-corrected chi connectivity index (χ2v) is 0.500. The molecule has 0 radical (unpaired) electrons. The molecule has 13 heteroatoms. The van der Waals surface area contributed by atoms with Crippen molar-refractivity contribution in [3.05, 3.63) is 0 Å². The third-order valence-electron chi connectivity index (χ3n) is 0. The van der Waals surface area contributed by atoms with Crippen LogP contribution in [0.2, 0.25) is 0 Å². The van der Waals surface area contributed by atoms with Crippen molar-refractivity contribution in [1.29, 1.82) is 0 Å². The summed E-state index contributed by atoms with van der Waals surface area (Å²) in [7, 11) is 0. The molecule has 0 atom stereocenters. The van der Waals surface area contributed by atoms with Crippen LogP contribution in [0.4, 0.5) is 9.59 Å². The molecule has 0 aliphatic heterocycles. The van der Waals surface area contributed by atoms with E-state index in [4.69, 9.17) is 30.0 Å². The van der Waals surface area contributed by atoms with Gasteiger partial charge in [-0.25, -0.2) is 0 Å². The number of hydrogen-bond donors (Lipinski definition) is 0. The fourth-order valence-corrected chi connectivity index (χ4v) is 0. The number of carbonyl (C=O) groups is 2. The van der Waals surface area contributed by atoms with Gasteiger partial charge in [-0.05, 0) is 12.3 Å². The van der Waals surface area contributed by atoms with E-state index in [0.717, 1.165) is 0 Å². The Balaban J connectivity index is -0.00000000468. The van der Waals surface area contributed by atoms with Gasteiger partial charge in [-0.1, -0.05) is 0 Å². The molecule has 0 unspecified atom stereocenters. The van der Waals surface area contributed by atoms with Gasteiger partial charge >= 0.3 is 97.2 Å². The second-order valence-electron chi connectivity index (χ2n) is 0.500. The summed E-state index contributed by atoms with van der Waals surface area (Å²) in [6.45, 7) is 0. The van der Waals surface area contributed by atoms with Crippen LogP contribution in [0.15, 0.2) is 0 Å². The van der Waals surface area contributed by atoms with Crippen LogP contribution in [-0.2, 0) is 32.7 Å². The molecule has 0 bridgehead atoms. The van der Waals surface area contributed by atoms with Gasteiger partial charge < -0.3 is 41.0 Å². The van der Waals surface area contributed by atoms with Crippen molar-refractivity contribution in [1.82, 2.24) is 0 Å². The number of carbonyl (C=O) groups excluding carboxylic acids is 2. The Bertz CT molecular complexity index is 82.6. The van der Waals surface area contributed by atoms with E-state index in [1.807, 2.05) is 0 Å². The quantitative estimate of drug-likeness (QED) is 0.370. The van der Waals surface area contributed by atoms with Gasteiger partial charge in [0.05, 0.1) is 0 Å². The van der Waals surface area contributed by atoms with E-state index in [1.165, 1.54) is 0 Å². The minimum atomic E-state index is -2.33. The molecule has 8 nitrogen and oxygen atoms in total. The first kappa shape index (κ1) is 70.1. The molecule has 0 amide bonds. The van der Waals surface area contributed by atoms with Crippen molar-refractivity contribution in [3.63, 3.8) is 0 Å². The zero-order valence-electron chi connectivity index (χ0n) is 8.77. The first-order valence-corrected chi connectivity index (χ1v) is 1.22. The predicted molar refractivity (Wildman–Crippen MR) is 12.2 cm³/mol. The van der Waals surface area contributed by atoms with Gasteiger partial charge in [-0.2, -0.15) is 0 Å². The van der Waals surface area contributed by atoms with Crippen molar-refractivity contribution < 1.29 is 138 Å². The molecule has 64 valence electrons. The van der Waals surface area contributed by atoms with E-state index in [0.29, 0.717) is 0 Å². The maximum Gasteiger partial charge on any atom is 4.00 e. The van der Waals surface area contributed by atoms with Crippen LogP contribution in [0.25, 0.3) is 0 Å². The van der Waals surface area contributed by atoms with Crippen molar-refractivity contribution >= 4 is 12.3 Å². The fraction of sp³-hybridized carbons (Fsp3) is 0. The van der Waals surface area contributed by atoms with Crippen LogP contribution in [0.5, 0.6) is 0 Å². The zero-order chi connectivity index (χ0) is 7.15. The Morgan fingerprint density at radius 1 is 0.600 bits per heavy atom. The van der Waals surface area contributed by atoms with Gasteiger partial charge in [0.15, 0.2) is 0 Å². The minimum absolute atomic E-state index is 0. The first-order valence-electron chi connectivity index (χ1n) is 1.22. The summed E-state index contributed by atoms with van der Waals surface area (Å²) >= 11 is 0. The van der Waals surface area contributed by atoms with Gasteiger partial charge in [-0.15, -0.1) is 0 Å². The van der Waals surface area contributed by atoms with Gasteiger partial charge in [0.25, 0.3) is 0 Å². The van der Waals surface area contributed by atoms with Gasteiger partial charge in [0, 0.05) is 0 Å². The minimum Gasteiger partial charge on any atom is -2.00 e. The molecular weight excluding hydrogens is 228 g/mol. The van der Waals surface area contributed by atoms with E-state index in [1.54, 1.807) is 0 Å². The summed E-state index contributed by atoms with van der Waals surface area (Å²) in [4.78, 5) is 16.7. The van der Waals surface area contributed by atoms with E-state index in [2.05, 4.69) is 0 Å². The summed E-state index contributed by atoms with van der Waals surface area (Å²) in [6.07, 6.45) is -4.67. The topological polar surface area (TPSA) is 183 Å². The van der Waals surface area contributed by atoms with Crippen LogP contribution in [-0.4, -0.2) is 12.3 Å². The van der Waals surface area contributed by atoms with Crippen LogP contribution in [0.1, 0.15) is 0 Å². The normalized spacial score (nSPS) is 3.20. The van der Waals surface area contributed by atoms with Gasteiger partial charge in [0.2, 0.25) is 0 Å². The summed E-state index contributed by atoms with van der Waals surface area (Å²) in [6, 6.07) is 0. The molecule has 0 aromatic heterocycles. The number of rotatable bonds is 0. The smallest absolute Gasteiger partial charge is 2.00 e. The molecule has 0 saturated carbocycles. The Labute approximate surface area is 149 Å². The van der Waals surface area contributed by atoms with E-state index in [-0.39, 0.29) is 108 Å². The molecule has 0 aromatic carbocycles. The van der Waals surface area contributed by atoms with E-state index >= 15 is 0 Å². The average Bonchev–Trinajstić information content (AvgIpc) is 1.25. The third kappa shape index (κ3) is 1170. The molecule has 0 fully saturated rings. The molecule has 0 saturated heterocycles. The first-order chi connectivity index (χ1) is 3.46. The zero-order valence-corrected chi connectivity index (χ0v) is 10.3. The number of carboxylic acid groups (broad SMARTS) is 4. The number of hydrogen-bond acceptors (Lipinski definition) is 6. The molecule has 0 N–H and O–H groups in total. The largest absolute Gasteiger partial charge is 4.00 e. The Morgan fingerprint density at radius 2 is 0.600 bits per heavy atom. The molecule has 0 spiro atoms. The molecule has 0 aliphatic carbocycles. The molecule has 0 aromatic rings. The summed E-state index contributed by atoms with van der Waals surface area (Å²) < 4.78 is 0. The van der Waals surface area contributed by atoms with Crippen LogP contribution in [0.3, 0.4) is 0 Å². The van der Waals surface area contributed by atoms with Crippen LogP contribution in [0, 0.1) is 0 Å². The van der Waals surface area contributed by atoms with Crippen molar-refractivity contribution in [2.24, 2.45) is 0 Å². The fourth-order valence-electron chi connectivity index (χ4n) is 0. The van der Waals surface area contributed by atoms with Gasteiger partial charge in [0.1, 0.15) is 0 Å². The third-order valence-corrected chi connectivity index (χ3v) is 0. The van der Waals surface area contributed by atoms with Crippen molar-refractivity contribution in [2.45, 2.75) is 0 Å². The van der Waals surface area contributed by atoms with Crippen LogP contribution >= 0.6 is 0 Å². The Kier molecular flexibility index (Phi) is 270. The Morgan fingerprint density at radius 3 is 0.600 bits per heavy atom. The monoisotopic (exact) mass is 228 g/mol. The molecule has 0 heterocycles. The SMILES string of the molecule is O=C([O-])[O-].O=C([O-])[O-].[Li+].[Li+].[Li+].[Li+].[O-2].[O-2].[Ti+4]. The average molecular weight is 228 g/mol. The van der Waals surface area contributed by atoms with E-state index < -0.39 is 12.3 Å². The van der Waals surface area contributed by atoms with Crippen LogP contribution < -0.4 is 95.9 Å². The summed E-state index contributed by atoms with van der Waals surface area (Å²) in [5, 5.41) is 33.3. The molecular formula is C2Li4O8Ti. The molecule has 0 aliphatic rings. The second kappa shape index (κ2) is 57.7. The summed E-state index contributed by atoms with van der Waals surface area (Å²) in [5.74, 6) is 0. The predicted octanol–water partition coefficient (Wildman–Crippen LogP) is -17.1. The van der Waals surface area contributed by atoms with E-state index in [9.17, 15) is 0 Å². The van der Waals surface area contributed by atoms with Crippen molar-refractivity contribution in [3.8, 4) is 0 Å². The molecule has 15 heavy (non-hydrogen) atoms. The maximum atomic E-state index is 8.33. The standard InChI is InChI=1S/2CH2O3.4Li.2O.Ti/c2*2-1(3)4;;;;;;;/h2*(H2,2,3,4);;;;;;;/q;;4*+1;2*-2;+4/p-4. The Hall–Kier alpha value is 1.56. The van der Waals surface area contributed by atoms with Crippen molar-refractivity contribution in [2.75, 3.05) is 0 Å². The maximum absolute atomic E-state index is 8.33. The summed E-state index contributed by atoms with van der Waals surface area (Å²) in [5.41, 5.74) is 0. The molecule has 0 rings (SSSR count).